The van der Waals surface area contributed by atoms with Crippen LogP contribution in [-0.4, -0.2) is 23.1 Å². The van der Waals surface area contributed by atoms with Crippen LogP contribution < -0.4 is 4.86 Å². The lowest BCUT2D eigenvalue weighted by Crippen LogP contribution is -2.03. The van der Waals surface area contributed by atoms with Gasteiger partial charge in [0.1, 0.15) is 0 Å². The third kappa shape index (κ3) is 8.34. The van der Waals surface area contributed by atoms with Gasteiger partial charge >= 0.3 is 0 Å². The van der Waals surface area contributed by atoms with E-state index >= 15 is 0 Å². The first kappa shape index (κ1) is 9.34. The second-order valence-electron chi connectivity index (χ2n) is 1.86. The largest absolute Gasteiger partial charge is 0.333 e. The fraction of sp³-hybridized carbons (Fsp3) is 1.00. The molecule has 7 heteroatoms. The molecule has 0 saturated carbocycles. The van der Waals surface area contributed by atoms with E-state index in [-0.39, 0.29) is 0 Å². The third-order valence-corrected chi connectivity index (χ3v) is 3.34. The topological polar surface area (TPSA) is 86.6 Å². The maximum atomic E-state index is 10.3. The molecular weight excluding hydrogens is 164 g/mol. The maximum Gasteiger partial charge on any atom is 0.271 e. The summed E-state index contributed by atoms with van der Waals surface area (Å²) in [6, 6.07) is 0. The van der Waals surface area contributed by atoms with Crippen molar-refractivity contribution in [1.82, 2.24) is 4.86 Å². The van der Waals surface area contributed by atoms with Crippen molar-refractivity contribution in [2.45, 2.75) is 0 Å². The standard InChI is InChI=1S/C2H9NO4P2/c1-8(4,5)3-9(2,6)7/h1-2H3,(H3,3,4,5,6,7). The van der Waals surface area contributed by atoms with Gasteiger partial charge in [-0.25, -0.2) is 0 Å². The molecule has 9 heavy (non-hydrogen) atoms. The molecule has 0 aromatic carbocycles. The first-order valence-corrected chi connectivity index (χ1v) is 6.32. The van der Waals surface area contributed by atoms with Gasteiger partial charge in [0, 0.05) is 13.3 Å². The Morgan fingerprint density at radius 2 is 1.33 bits per heavy atom. The second-order valence-corrected chi connectivity index (χ2v) is 6.17. The summed E-state index contributed by atoms with van der Waals surface area (Å²) in [5, 5.41) is 0. The van der Waals surface area contributed by atoms with E-state index in [0.717, 1.165) is 13.3 Å². The summed E-state index contributed by atoms with van der Waals surface area (Å²) in [4.78, 5) is 18.6. The van der Waals surface area contributed by atoms with Crippen molar-refractivity contribution in [2.24, 2.45) is 0 Å². The number of nitrogens with one attached hydrogen (secondary N) is 1. The maximum absolute atomic E-state index is 10.3. The van der Waals surface area contributed by atoms with Crippen LogP contribution in [0.15, 0.2) is 0 Å². The van der Waals surface area contributed by atoms with Crippen molar-refractivity contribution in [1.29, 1.82) is 0 Å². The number of hydrogen-bond acceptors (Lipinski definition) is 2. The van der Waals surface area contributed by atoms with Gasteiger partial charge < -0.3 is 9.79 Å². The minimum Gasteiger partial charge on any atom is -0.333 e. The van der Waals surface area contributed by atoms with Gasteiger partial charge in [-0.3, -0.25) is 9.13 Å². The highest BCUT2D eigenvalue weighted by atomic mass is 31.2. The highest BCUT2D eigenvalue weighted by molar-refractivity contribution is 7.70. The quantitative estimate of drug-likeness (QED) is 0.519. The van der Waals surface area contributed by atoms with Crippen LogP contribution in [0.5, 0.6) is 0 Å². The molecule has 56 valence electrons. The van der Waals surface area contributed by atoms with Crippen molar-refractivity contribution < 1.29 is 18.9 Å². The van der Waals surface area contributed by atoms with Crippen molar-refractivity contribution in [3.63, 3.8) is 0 Å². The van der Waals surface area contributed by atoms with Crippen LogP contribution >= 0.6 is 15.0 Å². The fourth-order valence-electron chi connectivity index (χ4n) is 0.344. The Kier molecular flexibility index (Phi) is 2.62. The molecule has 0 fully saturated rings. The fourth-order valence-corrected chi connectivity index (χ4v) is 3.10. The van der Waals surface area contributed by atoms with Crippen LogP contribution in [0.25, 0.3) is 0 Å². The lowest BCUT2D eigenvalue weighted by atomic mass is 12.0. The van der Waals surface area contributed by atoms with Gasteiger partial charge in [-0.2, -0.15) is 4.86 Å². The normalized spacial score (nSPS) is 24.4. The van der Waals surface area contributed by atoms with E-state index in [9.17, 15) is 9.13 Å². The van der Waals surface area contributed by atoms with E-state index in [0.29, 0.717) is 0 Å². The zero-order chi connectivity index (χ0) is 7.71. The number of hydrogen-bond donors (Lipinski definition) is 3. The zero-order valence-corrected chi connectivity index (χ0v) is 6.89. The molecule has 2 atom stereocenters. The molecule has 0 heterocycles. The molecule has 0 rings (SSSR count). The Labute approximate surface area is 53.1 Å². The molecule has 3 N–H and O–H groups in total. The van der Waals surface area contributed by atoms with E-state index in [1.54, 1.807) is 4.86 Å². The average Bonchev–Trinajstić information content (AvgIpc) is 1.14. The van der Waals surface area contributed by atoms with Gasteiger partial charge in [0.25, 0.3) is 15.0 Å². The summed E-state index contributed by atoms with van der Waals surface area (Å²) in [5.74, 6) is 0. The van der Waals surface area contributed by atoms with E-state index in [1.807, 2.05) is 0 Å². The van der Waals surface area contributed by atoms with Gasteiger partial charge in [0.15, 0.2) is 0 Å². The number of rotatable bonds is 2. The van der Waals surface area contributed by atoms with Gasteiger partial charge in [0.2, 0.25) is 0 Å². The molecule has 0 aliphatic heterocycles. The second kappa shape index (κ2) is 2.52. The van der Waals surface area contributed by atoms with Crippen LogP contribution in [0.2, 0.25) is 0 Å². The molecule has 0 amide bonds. The molecule has 0 aliphatic rings. The Morgan fingerprint density at radius 1 is 1.11 bits per heavy atom. The van der Waals surface area contributed by atoms with Crippen LogP contribution in [0.1, 0.15) is 0 Å². The summed E-state index contributed by atoms with van der Waals surface area (Å²) in [5.41, 5.74) is 0. The molecule has 2 unspecified atom stereocenters. The van der Waals surface area contributed by atoms with Gasteiger partial charge in [-0.05, 0) is 0 Å². The van der Waals surface area contributed by atoms with E-state index in [4.69, 9.17) is 9.79 Å². The van der Waals surface area contributed by atoms with Crippen molar-refractivity contribution >= 4 is 15.0 Å². The highest BCUT2D eigenvalue weighted by Crippen LogP contribution is 2.44. The molecule has 0 saturated heterocycles. The Balaban J connectivity index is 4.07. The summed E-state index contributed by atoms with van der Waals surface area (Å²) >= 11 is 0. The smallest absolute Gasteiger partial charge is 0.271 e. The Morgan fingerprint density at radius 3 is 1.33 bits per heavy atom. The van der Waals surface area contributed by atoms with Crippen LogP contribution in [0.4, 0.5) is 0 Å². The lowest BCUT2D eigenvalue weighted by molar-refractivity contribution is 0.458. The van der Waals surface area contributed by atoms with Crippen LogP contribution in [0, 0.1) is 0 Å². The highest BCUT2D eigenvalue weighted by Gasteiger charge is 2.19. The predicted octanol–water partition coefficient (Wildman–Crippen LogP) is 0.206. The minimum absolute atomic E-state index is 0.958. The van der Waals surface area contributed by atoms with Gasteiger partial charge in [-0.15, -0.1) is 0 Å². The summed E-state index contributed by atoms with van der Waals surface area (Å²) in [6.07, 6.45) is 0. The van der Waals surface area contributed by atoms with Gasteiger partial charge in [-0.1, -0.05) is 0 Å². The van der Waals surface area contributed by atoms with Crippen molar-refractivity contribution in [3.8, 4) is 0 Å². The molecule has 0 aromatic rings. The van der Waals surface area contributed by atoms with Crippen molar-refractivity contribution in [2.75, 3.05) is 13.3 Å². The van der Waals surface area contributed by atoms with E-state index in [1.165, 1.54) is 0 Å². The summed E-state index contributed by atoms with van der Waals surface area (Å²) in [6.45, 7) is 1.92. The molecule has 0 bridgehead atoms. The molecule has 0 spiro atoms. The predicted molar refractivity (Wildman–Crippen MR) is 34.6 cm³/mol. The molecule has 5 nitrogen and oxygen atoms in total. The monoisotopic (exact) mass is 173 g/mol. The van der Waals surface area contributed by atoms with Crippen LogP contribution in [0.3, 0.4) is 0 Å². The van der Waals surface area contributed by atoms with E-state index < -0.39 is 15.0 Å². The molecule has 0 radical (unpaired) electrons. The zero-order valence-electron chi connectivity index (χ0n) is 5.11. The summed E-state index contributed by atoms with van der Waals surface area (Å²) in [7, 11) is -7.10. The molecule has 0 aromatic heterocycles. The summed E-state index contributed by atoms with van der Waals surface area (Å²) < 4.78 is 20.7. The SMILES string of the molecule is CP(=O)(O)NP(C)(=O)O. The first-order chi connectivity index (χ1) is 3.71. The third-order valence-electron chi connectivity index (χ3n) is 0.371. The average molecular weight is 173 g/mol. The van der Waals surface area contributed by atoms with Crippen LogP contribution in [-0.2, 0) is 9.13 Å². The Hall–Kier alpha value is 0.340. The first-order valence-electron chi connectivity index (χ1n) is 2.11. The lowest BCUT2D eigenvalue weighted by Gasteiger charge is -2.09. The molecule has 0 aliphatic carbocycles. The molecular formula is C2H9NO4P2. The van der Waals surface area contributed by atoms with E-state index in [2.05, 4.69) is 0 Å². The Bertz CT molecular complexity index is 157. The van der Waals surface area contributed by atoms with Gasteiger partial charge in [0.05, 0.1) is 0 Å². The minimum atomic E-state index is -3.55. The van der Waals surface area contributed by atoms with Crippen molar-refractivity contribution in [3.05, 3.63) is 0 Å².